The number of nitrogens with zero attached hydrogens (tertiary/aromatic N) is 1. The van der Waals surface area contributed by atoms with Crippen molar-refractivity contribution in [1.29, 1.82) is 0 Å². The molecular weight excluding hydrogens is 236 g/mol. The lowest BCUT2D eigenvalue weighted by atomic mass is 9.87. The number of nitrogens with one attached hydrogen (secondary N) is 1. The molecule has 2 bridgehead atoms. The van der Waals surface area contributed by atoms with Crippen molar-refractivity contribution in [2.24, 2.45) is 11.8 Å². The van der Waals surface area contributed by atoms with Crippen LogP contribution >= 0.6 is 0 Å². The van der Waals surface area contributed by atoms with E-state index in [0.29, 0.717) is 5.92 Å². The molecule has 0 saturated heterocycles. The highest BCUT2D eigenvalue weighted by Crippen LogP contribution is 2.52. The average molecular weight is 262 g/mol. The monoisotopic (exact) mass is 262 g/mol. The Morgan fingerprint density at radius 3 is 3.00 bits per heavy atom. The number of rotatable bonds is 7. The molecule has 2 aliphatic carbocycles. The third-order valence-electron chi connectivity index (χ3n) is 4.85. The van der Waals surface area contributed by atoms with Crippen LogP contribution in [0.3, 0.4) is 0 Å². The van der Waals surface area contributed by atoms with Crippen molar-refractivity contribution < 1.29 is 4.42 Å². The Bertz CT molecular complexity index is 401. The van der Waals surface area contributed by atoms with Crippen molar-refractivity contribution in [3.8, 4) is 0 Å². The van der Waals surface area contributed by atoms with E-state index in [4.69, 9.17) is 4.42 Å². The molecule has 0 radical (unpaired) electrons. The number of hydrogen-bond acceptors (Lipinski definition) is 3. The first-order valence-electron chi connectivity index (χ1n) is 8.02. The molecule has 2 fully saturated rings. The molecule has 3 heteroatoms. The number of fused-ring (bicyclic) bond motifs is 2. The van der Waals surface area contributed by atoms with Gasteiger partial charge in [0.1, 0.15) is 5.76 Å². The van der Waals surface area contributed by atoms with Gasteiger partial charge in [0.05, 0.1) is 6.20 Å². The lowest BCUT2D eigenvalue weighted by molar-refractivity contribution is 0.343. The standard InChI is InChI=1S/C16H26N2O/c1-2-7-17-8-3-4-16-18-11-15(19-16)14-10-12-5-6-13(14)9-12/h11-14,17H,2-10H2,1H3. The smallest absolute Gasteiger partial charge is 0.194 e. The van der Waals surface area contributed by atoms with Gasteiger partial charge in [-0.1, -0.05) is 13.3 Å². The molecule has 0 spiro atoms. The molecule has 19 heavy (non-hydrogen) atoms. The fourth-order valence-corrected chi connectivity index (χ4v) is 3.87. The second-order valence-corrected chi connectivity index (χ2v) is 6.29. The van der Waals surface area contributed by atoms with Crippen LogP contribution in [0.4, 0.5) is 0 Å². The van der Waals surface area contributed by atoms with Crippen molar-refractivity contribution in [3.63, 3.8) is 0 Å². The van der Waals surface area contributed by atoms with Crippen molar-refractivity contribution in [2.75, 3.05) is 13.1 Å². The van der Waals surface area contributed by atoms with Crippen molar-refractivity contribution in [1.82, 2.24) is 10.3 Å². The number of hydrogen-bond donors (Lipinski definition) is 1. The summed E-state index contributed by atoms with van der Waals surface area (Å²) in [5.41, 5.74) is 0. The third-order valence-corrected chi connectivity index (χ3v) is 4.85. The minimum atomic E-state index is 0.679. The lowest BCUT2D eigenvalue weighted by Crippen LogP contribution is -2.16. The van der Waals surface area contributed by atoms with Crippen LogP contribution in [-0.4, -0.2) is 18.1 Å². The molecule has 3 atom stereocenters. The molecule has 1 aromatic heterocycles. The van der Waals surface area contributed by atoms with E-state index in [9.17, 15) is 0 Å². The van der Waals surface area contributed by atoms with E-state index >= 15 is 0 Å². The molecule has 1 heterocycles. The van der Waals surface area contributed by atoms with Crippen LogP contribution in [-0.2, 0) is 6.42 Å². The molecule has 106 valence electrons. The lowest BCUT2D eigenvalue weighted by Gasteiger charge is -2.18. The van der Waals surface area contributed by atoms with Gasteiger partial charge in [0.15, 0.2) is 5.89 Å². The maximum absolute atomic E-state index is 5.99. The number of aromatic nitrogens is 1. The third kappa shape index (κ3) is 3.02. The number of oxazole rings is 1. The van der Waals surface area contributed by atoms with Crippen molar-refractivity contribution in [3.05, 3.63) is 17.8 Å². The Kier molecular flexibility index (Phi) is 4.21. The van der Waals surface area contributed by atoms with Gasteiger partial charge in [0.2, 0.25) is 0 Å². The second-order valence-electron chi connectivity index (χ2n) is 6.29. The van der Waals surface area contributed by atoms with Gasteiger partial charge in [-0.25, -0.2) is 4.98 Å². The fraction of sp³-hybridized carbons (Fsp3) is 0.812. The Hall–Kier alpha value is -0.830. The van der Waals surface area contributed by atoms with Crippen LogP contribution < -0.4 is 5.32 Å². The molecular formula is C16H26N2O. The van der Waals surface area contributed by atoms with E-state index < -0.39 is 0 Å². The molecule has 3 nitrogen and oxygen atoms in total. The van der Waals surface area contributed by atoms with Crippen LogP contribution in [0.5, 0.6) is 0 Å². The van der Waals surface area contributed by atoms with E-state index in [1.807, 2.05) is 6.20 Å². The Morgan fingerprint density at radius 1 is 1.32 bits per heavy atom. The minimum Gasteiger partial charge on any atom is -0.445 e. The van der Waals surface area contributed by atoms with E-state index in [-0.39, 0.29) is 0 Å². The number of aryl methyl sites for hydroxylation is 1. The quantitative estimate of drug-likeness (QED) is 0.764. The van der Waals surface area contributed by atoms with Gasteiger partial charge in [-0.05, 0) is 57.0 Å². The average Bonchev–Trinajstić information content (AvgIpc) is 3.14. The van der Waals surface area contributed by atoms with Gasteiger partial charge in [-0.2, -0.15) is 0 Å². The molecule has 3 unspecified atom stereocenters. The van der Waals surface area contributed by atoms with Crippen LogP contribution in [0.25, 0.3) is 0 Å². The van der Waals surface area contributed by atoms with E-state index in [2.05, 4.69) is 17.2 Å². The summed E-state index contributed by atoms with van der Waals surface area (Å²) in [7, 11) is 0. The Morgan fingerprint density at radius 2 is 2.26 bits per heavy atom. The van der Waals surface area contributed by atoms with Gasteiger partial charge >= 0.3 is 0 Å². The summed E-state index contributed by atoms with van der Waals surface area (Å²) in [5, 5.41) is 3.42. The van der Waals surface area contributed by atoms with Crippen molar-refractivity contribution >= 4 is 0 Å². The summed E-state index contributed by atoms with van der Waals surface area (Å²) in [6, 6.07) is 0. The topological polar surface area (TPSA) is 38.1 Å². The molecule has 1 aromatic rings. The van der Waals surface area contributed by atoms with E-state index in [1.165, 1.54) is 37.9 Å². The first kappa shape index (κ1) is 13.2. The summed E-state index contributed by atoms with van der Waals surface area (Å²) >= 11 is 0. The first-order chi connectivity index (χ1) is 9.36. The normalized spacial score (nSPS) is 29.2. The van der Waals surface area contributed by atoms with Crippen LogP contribution in [0.1, 0.15) is 63.0 Å². The SMILES string of the molecule is CCCNCCCc1ncc(C2CC3CCC2C3)o1. The van der Waals surface area contributed by atoms with Crippen LogP contribution in [0.15, 0.2) is 10.6 Å². The summed E-state index contributed by atoms with van der Waals surface area (Å²) in [6.07, 6.45) is 10.9. The van der Waals surface area contributed by atoms with Gasteiger partial charge in [0, 0.05) is 12.3 Å². The summed E-state index contributed by atoms with van der Waals surface area (Å²) in [6.45, 7) is 4.38. The Balaban J connectivity index is 1.47. The zero-order valence-corrected chi connectivity index (χ0v) is 12.0. The van der Waals surface area contributed by atoms with Gasteiger partial charge in [-0.3, -0.25) is 0 Å². The maximum Gasteiger partial charge on any atom is 0.194 e. The molecule has 1 N–H and O–H groups in total. The molecule has 3 rings (SSSR count). The summed E-state index contributed by atoms with van der Waals surface area (Å²) in [4.78, 5) is 4.47. The molecule has 2 aliphatic rings. The molecule has 2 saturated carbocycles. The second kappa shape index (κ2) is 6.08. The zero-order chi connectivity index (χ0) is 13.1. The van der Waals surface area contributed by atoms with Crippen LogP contribution in [0.2, 0.25) is 0 Å². The highest BCUT2D eigenvalue weighted by Gasteiger charge is 2.41. The predicted octanol–water partition coefficient (Wildman–Crippen LogP) is 3.51. The molecule has 0 aliphatic heterocycles. The zero-order valence-electron chi connectivity index (χ0n) is 12.0. The molecule has 0 amide bonds. The van der Waals surface area contributed by atoms with Gasteiger partial charge in [-0.15, -0.1) is 0 Å². The summed E-state index contributed by atoms with van der Waals surface area (Å²) < 4.78 is 5.99. The predicted molar refractivity (Wildman–Crippen MR) is 76.2 cm³/mol. The maximum atomic E-state index is 5.99. The largest absolute Gasteiger partial charge is 0.445 e. The van der Waals surface area contributed by atoms with E-state index in [1.54, 1.807) is 0 Å². The highest BCUT2D eigenvalue weighted by atomic mass is 16.4. The van der Waals surface area contributed by atoms with Gasteiger partial charge < -0.3 is 9.73 Å². The van der Waals surface area contributed by atoms with Gasteiger partial charge in [0.25, 0.3) is 0 Å². The van der Waals surface area contributed by atoms with E-state index in [0.717, 1.165) is 43.7 Å². The fourth-order valence-electron chi connectivity index (χ4n) is 3.87. The minimum absolute atomic E-state index is 0.679. The highest BCUT2D eigenvalue weighted by molar-refractivity contribution is 5.10. The molecule has 0 aromatic carbocycles. The van der Waals surface area contributed by atoms with Crippen LogP contribution in [0, 0.1) is 11.8 Å². The Labute approximate surface area is 116 Å². The summed E-state index contributed by atoms with van der Waals surface area (Å²) in [5.74, 6) is 4.65. The first-order valence-corrected chi connectivity index (χ1v) is 8.02. The van der Waals surface area contributed by atoms with Crippen molar-refractivity contribution in [2.45, 2.75) is 57.8 Å².